The highest BCUT2D eigenvalue weighted by Gasteiger charge is 2.60. The molecule has 6 heteroatoms. The summed E-state index contributed by atoms with van der Waals surface area (Å²) >= 11 is 0. The molecule has 3 unspecified atom stereocenters. The molecule has 0 saturated carbocycles. The molecule has 3 aliphatic rings. The third kappa shape index (κ3) is 3.35. The standard InChI is InChI=1S/C15H30N2O3Si/c1-4-17-9-5-7-14(17)11-16-8-6-10-21-18-12(2)15(20-21)13(3)19-21/h12-16H,4-11H2,1-3H3. The van der Waals surface area contributed by atoms with Crippen molar-refractivity contribution >= 4 is 8.80 Å². The van der Waals surface area contributed by atoms with Crippen molar-refractivity contribution in [1.82, 2.24) is 10.2 Å². The Morgan fingerprint density at radius 3 is 2.62 bits per heavy atom. The average Bonchev–Trinajstić information content (AvgIpc) is 3.10. The lowest BCUT2D eigenvalue weighted by molar-refractivity contribution is 0.0405. The fourth-order valence-corrected chi connectivity index (χ4v) is 7.31. The van der Waals surface area contributed by atoms with E-state index in [9.17, 15) is 0 Å². The molecule has 3 heterocycles. The molecular weight excluding hydrogens is 284 g/mol. The van der Waals surface area contributed by atoms with E-state index < -0.39 is 8.80 Å². The van der Waals surface area contributed by atoms with Crippen molar-refractivity contribution in [2.45, 2.75) is 70.4 Å². The molecule has 1 N–H and O–H groups in total. The van der Waals surface area contributed by atoms with Crippen LogP contribution in [0.3, 0.4) is 0 Å². The predicted molar refractivity (Wildman–Crippen MR) is 84.3 cm³/mol. The highest BCUT2D eigenvalue weighted by Crippen LogP contribution is 2.40. The van der Waals surface area contributed by atoms with E-state index in [0.717, 1.165) is 31.6 Å². The van der Waals surface area contributed by atoms with Crippen molar-refractivity contribution in [1.29, 1.82) is 0 Å². The summed E-state index contributed by atoms with van der Waals surface area (Å²) in [6.07, 6.45) is 4.36. The smallest absolute Gasteiger partial charge is 0.368 e. The predicted octanol–water partition coefficient (Wildman–Crippen LogP) is 1.61. The summed E-state index contributed by atoms with van der Waals surface area (Å²) in [6, 6.07) is 1.68. The molecule has 3 atom stereocenters. The van der Waals surface area contributed by atoms with Gasteiger partial charge < -0.3 is 18.6 Å². The SMILES string of the molecule is CCN1CCCC1CNCCC[Si]12OC(C)C(O1)C(C)O2. The second kappa shape index (κ2) is 6.64. The minimum atomic E-state index is -2.31. The molecular formula is C15H30N2O3Si. The maximum Gasteiger partial charge on any atom is 0.502 e. The van der Waals surface area contributed by atoms with Gasteiger partial charge in [0.25, 0.3) is 0 Å². The summed E-state index contributed by atoms with van der Waals surface area (Å²) in [6.45, 7) is 11.1. The van der Waals surface area contributed by atoms with Crippen molar-refractivity contribution < 1.29 is 13.3 Å². The third-order valence-corrected chi connectivity index (χ3v) is 8.15. The molecule has 0 aromatic rings. The normalized spacial score (nSPS) is 43.0. The number of hydrogen-bond donors (Lipinski definition) is 1. The largest absolute Gasteiger partial charge is 0.502 e. The quantitative estimate of drug-likeness (QED) is 0.571. The Hall–Kier alpha value is 0.0169. The van der Waals surface area contributed by atoms with E-state index in [1.807, 2.05) is 0 Å². The van der Waals surface area contributed by atoms with Crippen LogP contribution < -0.4 is 5.32 Å². The van der Waals surface area contributed by atoms with Crippen molar-refractivity contribution in [2.75, 3.05) is 26.2 Å². The van der Waals surface area contributed by atoms with E-state index in [-0.39, 0.29) is 18.3 Å². The second-order valence-electron chi connectivity index (χ2n) is 6.64. The molecule has 0 spiro atoms. The van der Waals surface area contributed by atoms with Gasteiger partial charge >= 0.3 is 8.80 Å². The number of hydrogen-bond acceptors (Lipinski definition) is 5. The van der Waals surface area contributed by atoms with E-state index in [2.05, 4.69) is 31.0 Å². The van der Waals surface area contributed by atoms with Gasteiger partial charge in [-0.15, -0.1) is 0 Å². The van der Waals surface area contributed by atoms with Gasteiger partial charge in [0.1, 0.15) is 0 Å². The first-order valence-corrected chi connectivity index (χ1v) is 10.5. The number of fused-ring (bicyclic) bond motifs is 2. The number of rotatable bonds is 7. The maximum atomic E-state index is 6.06. The fourth-order valence-electron chi connectivity index (χ4n) is 3.98. The Kier molecular flexibility index (Phi) is 5.03. The maximum absolute atomic E-state index is 6.06. The fraction of sp³-hybridized carbons (Fsp3) is 1.00. The van der Waals surface area contributed by atoms with E-state index in [1.54, 1.807) is 0 Å². The zero-order valence-electron chi connectivity index (χ0n) is 13.6. The van der Waals surface area contributed by atoms with Gasteiger partial charge in [-0.25, -0.2) is 0 Å². The summed E-state index contributed by atoms with van der Waals surface area (Å²) < 4.78 is 18.0. The molecule has 3 saturated heterocycles. The molecule has 0 radical (unpaired) electrons. The van der Waals surface area contributed by atoms with Crippen LogP contribution in [0.1, 0.15) is 40.0 Å². The molecule has 3 aliphatic heterocycles. The molecule has 21 heavy (non-hydrogen) atoms. The summed E-state index contributed by atoms with van der Waals surface area (Å²) in [4.78, 5) is 2.58. The Bertz CT molecular complexity index is 346. The Balaban J connectivity index is 1.34. The highest BCUT2D eigenvalue weighted by molar-refractivity contribution is 6.62. The van der Waals surface area contributed by atoms with Gasteiger partial charge in [-0.2, -0.15) is 0 Å². The van der Waals surface area contributed by atoms with Gasteiger partial charge in [0.15, 0.2) is 0 Å². The summed E-state index contributed by atoms with van der Waals surface area (Å²) in [5.74, 6) is 0. The van der Waals surface area contributed by atoms with Crippen molar-refractivity contribution in [3.8, 4) is 0 Å². The van der Waals surface area contributed by atoms with Gasteiger partial charge in [0.2, 0.25) is 0 Å². The monoisotopic (exact) mass is 314 g/mol. The van der Waals surface area contributed by atoms with Crippen molar-refractivity contribution in [2.24, 2.45) is 0 Å². The van der Waals surface area contributed by atoms with Crippen LogP contribution >= 0.6 is 0 Å². The second-order valence-corrected chi connectivity index (χ2v) is 9.22. The minimum Gasteiger partial charge on any atom is -0.368 e. The highest BCUT2D eigenvalue weighted by atomic mass is 28.4. The Labute approximate surface area is 129 Å². The van der Waals surface area contributed by atoms with Crippen LogP contribution in [0.5, 0.6) is 0 Å². The molecule has 0 aliphatic carbocycles. The summed E-state index contributed by atoms with van der Waals surface area (Å²) in [5, 5.41) is 3.61. The number of likely N-dealkylation sites (N-methyl/N-ethyl adjacent to an activating group) is 1. The van der Waals surface area contributed by atoms with Crippen LogP contribution in [0.15, 0.2) is 0 Å². The zero-order valence-corrected chi connectivity index (χ0v) is 14.6. The molecule has 0 aromatic heterocycles. The minimum absolute atomic E-state index is 0.168. The van der Waals surface area contributed by atoms with E-state index >= 15 is 0 Å². The van der Waals surface area contributed by atoms with Crippen LogP contribution in [0.2, 0.25) is 6.04 Å². The molecule has 2 bridgehead atoms. The van der Waals surface area contributed by atoms with Crippen LogP contribution in [0.4, 0.5) is 0 Å². The van der Waals surface area contributed by atoms with Gasteiger partial charge in [-0.05, 0) is 52.7 Å². The van der Waals surface area contributed by atoms with Crippen LogP contribution in [-0.2, 0) is 13.3 Å². The van der Waals surface area contributed by atoms with Gasteiger partial charge in [-0.3, -0.25) is 4.90 Å². The lowest BCUT2D eigenvalue weighted by Gasteiger charge is -2.27. The molecule has 5 nitrogen and oxygen atoms in total. The third-order valence-electron chi connectivity index (χ3n) is 5.09. The van der Waals surface area contributed by atoms with Crippen LogP contribution in [0.25, 0.3) is 0 Å². The molecule has 0 amide bonds. The topological polar surface area (TPSA) is 43.0 Å². The molecule has 0 aromatic carbocycles. The average molecular weight is 315 g/mol. The first-order valence-electron chi connectivity index (χ1n) is 8.62. The van der Waals surface area contributed by atoms with Crippen molar-refractivity contribution in [3.63, 3.8) is 0 Å². The van der Waals surface area contributed by atoms with E-state index in [4.69, 9.17) is 13.3 Å². The molecule has 122 valence electrons. The first-order chi connectivity index (χ1) is 10.1. The lowest BCUT2D eigenvalue weighted by atomic mass is 10.1. The summed E-state index contributed by atoms with van der Waals surface area (Å²) in [5.41, 5.74) is 0. The zero-order chi connectivity index (χ0) is 14.9. The lowest BCUT2D eigenvalue weighted by Crippen LogP contribution is -2.44. The first kappa shape index (κ1) is 15.9. The Morgan fingerprint density at radius 1 is 1.19 bits per heavy atom. The molecule has 3 rings (SSSR count). The Morgan fingerprint density at radius 2 is 1.95 bits per heavy atom. The number of nitrogens with one attached hydrogen (secondary N) is 1. The number of nitrogens with zero attached hydrogens (tertiary/aromatic N) is 1. The van der Waals surface area contributed by atoms with Gasteiger partial charge in [0.05, 0.1) is 18.3 Å². The van der Waals surface area contributed by atoms with E-state index in [1.165, 1.54) is 25.9 Å². The number of likely N-dealkylation sites (tertiary alicyclic amines) is 1. The molecule has 3 fully saturated rings. The van der Waals surface area contributed by atoms with Gasteiger partial charge in [-0.1, -0.05) is 6.92 Å². The van der Waals surface area contributed by atoms with Crippen LogP contribution in [-0.4, -0.2) is 64.2 Å². The summed E-state index contributed by atoms with van der Waals surface area (Å²) in [7, 11) is -2.31. The van der Waals surface area contributed by atoms with Gasteiger partial charge in [0, 0.05) is 18.6 Å². The van der Waals surface area contributed by atoms with E-state index in [0.29, 0.717) is 0 Å². The van der Waals surface area contributed by atoms with Crippen LogP contribution in [0, 0.1) is 0 Å². The van der Waals surface area contributed by atoms with Crippen molar-refractivity contribution in [3.05, 3.63) is 0 Å².